The largest absolute Gasteiger partial charge is 0.398 e. The van der Waals surface area contributed by atoms with Crippen LogP contribution in [0.25, 0.3) is 0 Å². The third-order valence-electron chi connectivity index (χ3n) is 2.77. The van der Waals surface area contributed by atoms with Crippen molar-refractivity contribution >= 4 is 15.7 Å². The van der Waals surface area contributed by atoms with Crippen molar-refractivity contribution < 1.29 is 13.2 Å². The summed E-state index contributed by atoms with van der Waals surface area (Å²) in [7, 11) is -3.48. The van der Waals surface area contributed by atoms with Crippen molar-refractivity contribution in [3.05, 3.63) is 23.8 Å². The second-order valence-electron chi connectivity index (χ2n) is 4.16. The average Bonchev–Trinajstić information content (AvgIpc) is 2.38. The molecule has 1 rings (SSSR count). The summed E-state index contributed by atoms with van der Waals surface area (Å²) < 4.78 is 31.7. The first-order valence-corrected chi connectivity index (χ1v) is 7.95. The van der Waals surface area contributed by atoms with Gasteiger partial charge in [0.1, 0.15) is 0 Å². The van der Waals surface area contributed by atoms with Crippen molar-refractivity contribution in [3.8, 4) is 0 Å². The molecule has 108 valence electrons. The highest BCUT2D eigenvalue weighted by Crippen LogP contribution is 2.18. The highest BCUT2D eigenvalue weighted by atomic mass is 32.2. The van der Waals surface area contributed by atoms with E-state index in [4.69, 9.17) is 10.5 Å². The Hall–Kier alpha value is -1.11. The Balaban J connectivity index is 2.64. The Kier molecular flexibility index (Phi) is 6.27. The van der Waals surface area contributed by atoms with E-state index in [9.17, 15) is 8.42 Å². The fourth-order valence-electron chi connectivity index (χ4n) is 1.67. The maximum absolute atomic E-state index is 12.0. The summed E-state index contributed by atoms with van der Waals surface area (Å²) in [5, 5.41) is 0. The van der Waals surface area contributed by atoms with Crippen LogP contribution in [-0.4, -0.2) is 28.2 Å². The number of aryl methyl sites for hydroxylation is 1. The van der Waals surface area contributed by atoms with E-state index in [0.717, 1.165) is 12.0 Å². The fraction of sp³-hybridized carbons (Fsp3) is 0.538. The first-order valence-electron chi connectivity index (χ1n) is 6.47. The smallest absolute Gasteiger partial charge is 0.240 e. The molecule has 0 fully saturated rings. The summed E-state index contributed by atoms with van der Waals surface area (Å²) in [5.41, 5.74) is 7.28. The predicted octanol–water partition coefficient (Wildman–Crippen LogP) is 1.54. The maximum atomic E-state index is 12.0. The van der Waals surface area contributed by atoms with Gasteiger partial charge in [0, 0.05) is 25.4 Å². The molecule has 0 unspecified atom stereocenters. The molecule has 0 atom stereocenters. The molecule has 0 aliphatic rings. The van der Waals surface area contributed by atoms with Crippen LogP contribution < -0.4 is 10.5 Å². The Morgan fingerprint density at radius 2 is 2.05 bits per heavy atom. The van der Waals surface area contributed by atoms with Crippen LogP contribution >= 0.6 is 0 Å². The van der Waals surface area contributed by atoms with Gasteiger partial charge in [-0.15, -0.1) is 0 Å². The molecule has 0 amide bonds. The van der Waals surface area contributed by atoms with Crippen molar-refractivity contribution in [1.29, 1.82) is 0 Å². The molecule has 0 radical (unpaired) electrons. The van der Waals surface area contributed by atoms with Crippen molar-refractivity contribution in [2.75, 3.05) is 25.5 Å². The molecular weight excluding hydrogens is 264 g/mol. The Morgan fingerprint density at radius 3 is 2.63 bits per heavy atom. The van der Waals surface area contributed by atoms with Gasteiger partial charge in [-0.2, -0.15) is 0 Å². The van der Waals surface area contributed by atoms with Crippen molar-refractivity contribution in [2.45, 2.75) is 31.6 Å². The third kappa shape index (κ3) is 4.81. The molecule has 19 heavy (non-hydrogen) atoms. The molecule has 0 saturated heterocycles. The van der Waals surface area contributed by atoms with Crippen LogP contribution in [-0.2, 0) is 21.2 Å². The Labute approximate surface area is 115 Å². The van der Waals surface area contributed by atoms with Crippen molar-refractivity contribution in [1.82, 2.24) is 4.72 Å². The minimum Gasteiger partial charge on any atom is -0.398 e. The number of hydrogen-bond donors (Lipinski definition) is 2. The first-order chi connectivity index (χ1) is 9.01. The zero-order chi connectivity index (χ0) is 14.3. The third-order valence-corrected chi connectivity index (χ3v) is 4.23. The number of benzene rings is 1. The van der Waals surface area contributed by atoms with Gasteiger partial charge < -0.3 is 10.5 Å². The van der Waals surface area contributed by atoms with E-state index in [0.29, 0.717) is 31.9 Å². The highest BCUT2D eigenvalue weighted by molar-refractivity contribution is 7.89. The number of nitrogens with two attached hydrogens (primary N) is 1. The molecule has 0 bridgehead atoms. The Bertz CT molecular complexity index is 501. The molecule has 0 aromatic heterocycles. The number of nitrogen functional groups attached to an aromatic ring is 1. The summed E-state index contributed by atoms with van der Waals surface area (Å²) in [6.07, 6.45) is 1.43. The van der Waals surface area contributed by atoms with Gasteiger partial charge in [-0.3, -0.25) is 0 Å². The number of sulfonamides is 1. The van der Waals surface area contributed by atoms with Gasteiger partial charge in [0.05, 0.1) is 4.90 Å². The fourth-order valence-corrected chi connectivity index (χ4v) is 2.78. The van der Waals surface area contributed by atoms with E-state index in [-0.39, 0.29) is 4.90 Å². The first kappa shape index (κ1) is 15.9. The number of rotatable bonds is 8. The van der Waals surface area contributed by atoms with Crippen LogP contribution in [0.2, 0.25) is 0 Å². The number of hydrogen-bond acceptors (Lipinski definition) is 4. The summed E-state index contributed by atoms with van der Waals surface area (Å²) >= 11 is 0. The molecule has 0 aliphatic heterocycles. The second kappa shape index (κ2) is 7.47. The SMILES string of the molecule is CCOCCCNS(=O)(=O)c1ccc(CC)c(N)c1. The van der Waals surface area contributed by atoms with Crippen LogP contribution in [0.1, 0.15) is 25.8 Å². The molecular formula is C13H22N2O3S. The summed E-state index contributed by atoms with van der Waals surface area (Å²) in [5.74, 6) is 0. The second-order valence-corrected chi connectivity index (χ2v) is 5.93. The lowest BCUT2D eigenvalue weighted by molar-refractivity contribution is 0.146. The normalized spacial score (nSPS) is 11.7. The van der Waals surface area contributed by atoms with Crippen LogP contribution in [0.5, 0.6) is 0 Å². The molecule has 0 saturated carbocycles. The standard InChI is InChI=1S/C13H22N2O3S/c1-3-11-6-7-12(10-13(11)14)19(16,17)15-8-5-9-18-4-2/h6-7,10,15H,3-5,8-9,14H2,1-2H3. The number of nitrogens with one attached hydrogen (secondary N) is 1. The van der Waals surface area contributed by atoms with Gasteiger partial charge in [0.15, 0.2) is 0 Å². The van der Waals surface area contributed by atoms with E-state index in [1.54, 1.807) is 12.1 Å². The molecule has 0 aliphatic carbocycles. The van der Waals surface area contributed by atoms with Gasteiger partial charge in [-0.05, 0) is 37.5 Å². The van der Waals surface area contributed by atoms with Crippen molar-refractivity contribution in [3.63, 3.8) is 0 Å². The minimum absolute atomic E-state index is 0.207. The lowest BCUT2D eigenvalue weighted by atomic mass is 10.1. The summed E-state index contributed by atoms with van der Waals surface area (Å²) in [6, 6.07) is 4.84. The van der Waals surface area contributed by atoms with Crippen molar-refractivity contribution in [2.24, 2.45) is 0 Å². The molecule has 0 heterocycles. The van der Waals surface area contributed by atoms with E-state index in [1.165, 1.54) is 6.07 Å². The maximum Gasteiger partial charge on any atom is 0.240 e. The lowest BCUT2D eigenvalue weighted by Crippen LogP contribution is -2.25. The lowest BCUT2D eigenvalue weighted by Gasteiger charge is -2.09. The molecule has 1 aromatic carbocycles. The van der Waals surface area contributed by atoms with Gasteiger partial charge in [0.2, 0.25) is 10.0 Å². The average molecular weight is 286 g/mol. The topological polar surface area (TPSA) is 81.4 Å². The number of ether oxygens (including phenoxy) is 1. The molecule has 1 aromatic rings. The van der Waals surface area contributed by atoms with Crippen LogP contribution in [0.4, 0.5) is 5.69 Å². The van der Waals surface area contributed by atoms with Crippen LogP contribution in [0.3, 0.4) is 0 Å². The van der Waals surface area contributed by atoms with Gasteiger partial charge in [0.25, 0.3) is 0 Å². The Morgan fingerprint density at radius 1 is 1.32 bits per heavy atom. The predicted molar refractivity (Wildman–Crippen MR) is 76.5 cm³/mol. The zero-order valence-electron chi connectivity index (χ0n) is 11.5. The zero-order valence-corrected chi connectivity index (χ0v) is 12.3. The van der Waals surface area contributed by atoms with Crippen LogP contribution in [0, 0.1) is 0 Å². The highest BCUT2D eigenvalue weighted by Gasteiger charge is 2.14. The van der Waals surface area contributed by atoms with E-state index >= 15 is 0 Å². The quantitative estimate of drug-likeness (QED) is 0.561. The molecule has 0 spiro atoms. The molecule has 6 heteroatoms. The van der Waals surface area contributed by atoms with Gasteiger partial charge >= 0.3 is 0 Å². The summed E-state index contributed by atoms with van der Waals surface area (Å²) in [6.45, 7) is 5.43. The van der Waals surface area contributed by atoms with Crippen LogP contribution in [0.15, 0.2) is 23.1 Å². The monoisotopic (exact) mass is 286 g/mol. The molecule has 3 N–H and O–H groups in total. The molecule has 5 nitrogen and oxygen atoms in total. The van der Waals surface area contributed by atoms with E-state index < -0.39 is 10.0 Å². The van der Waals surface area contributed by atoms with Gasteiger partial charge in [-0.25, -0.2) is 13.1 Å². The van der Waals surface area contributed by atoms with E-state index in [2.05, 4.69) is 4.72 Å². The summed E-state index contributed by atoms with van der Waals surface area (Å²) in [4.78, 5) is 0.207. The van der Waals surface area contributed by atoms with Gasteiger partial charge in [-0.1, -0.05) is 13.0 Å². The minimum atomic E-state index is -3.48. The number of anilines is 1. The van der Waals surface area contributed by atoms with E-state index in [1.807, 2.05) is 13.8 Å².